The number of aromatic nitrogens is 8. The van der Waals surface area contributed by atoms with Gasteiger partial charge in [0, 0.05) is 69.6 Å². The van der Waals surface area contributed by atoms with Gasteiger partial charge in [0.1, 0.15) is 57.3 Å². The number of hydrogen-bond donors (Lipinski definition) is 4. The van der Waals surface area contributed by atoms with E-state index in [-0.39, 0.29) is 173 Å². The van der Waals surface area contributed by atoms with Crippen LogP contribution in [0.25, 0.3) is 0 Å². The van der Waals surface area contributed by atoms with E-state index in [9.17, 15) is 69.5 Å². The number of ketones is 3. The van der Waals surface area contributed by atoms with Gasteiger partial charge in [0.15, 0.2) is 47.0 Å². The first-order chi connectivity index (χ1) is 67.1. The average molecular weight is 2230 g/mol. The Morgan fingerprint density at radius 3 is 1.33 bits per heavy atom. The van der Waals surface area contributed by atoms with Gasteiger partial charge in [-0.2, -0.15) is 74.2 Å². The Morgan fingerprint density at radius 1 is 0.542 bits per heavy atom. The van der Waals surface area contributed by atoms with Crippen LogP contribution in [-0.2, 0) is 74.2 Å². The number of rotatable bonds is 29. The van der Waals surface area contributed by atoms with Crippen molar-refractivity contribution in [3.63, 3.8) is 0 Å². The molecule has 760 valence electrons. The number of nitrogens with one attached hydrogen (secondary N) is 3. The molecule has 0 amide bonds. The first-order valence-electron chi connectivity index (χ1n) is 40.5. The number of halogens is 14. The fourth-order valence-electron chi connectivity index (χ4n) is 9.87. The molecule has 0 radical (unpaired) electrons. The normalized spacial score (nSPS) is 10.5. The van der Waals surface area contributed by atoms with Crippen molar-refractivity contribution in [1.82, 2.24) is 39.1 Å². The molecule has 0 spiro atoms. The standard InChI is InChI=1S/C17H14ClN5O3.C16H14ClF3NO3.C16H13ClF3NO3.C13H9ClN2O2.C11H10ClNO3.C7H4ClNO.C6H10O2.C4H7BrO2.C4H6ClN3O.K.H2O/c1-10-3-4-23(9-14-20-21-17(25)22(14)2)16(24)15(10)26-13-6-11(8-19)5-12(18)7-13;2*1-3-23-5-4-14(16(18,19)20)15(10(2)22)24-13-7-11(9-21)6-12(17)8-13;1-8-2-3-16-13(17)12(8)18-11-5-9(7-15)4-10(14)6-11;1-2-15-11(14)7-16-10-4-8(6-13)3-9(12)5-10;8-6-1-5(4-9)2-7(10)3-6;1-3-8-5-4-6(2)7;1-2-7-4(6)3-5;1-8-3(2-5)6-7-4(8)9;;/h3-7H,9H2,1-2H3,(H,21,25);4-8,15H,3H2,1-2H3;4-8H,3H2,1-2H3;2-6H,1H3,(H,16,17);3-5H,2,7H2,1H3;1-3,10H;4-5H,3H2,1-2H3;2-3H2,1H3;2H2,1H3,(H,7,9);;1H2/q;-1;;;;;;;;+1;/p-1/b;5-4+;5-4+,15-14?;;;;5-4+;;;;. The molecule has 6 aromatic carbocycles. The number of nitriles is 6. The number of allylic oxidation sites excluding steroid dienone is 4. The largest absolute Gasteiger partial charge is 1.00 e. The van der Waals surface area contributed by atoms with Gasteiger partial charge in [-0.1, -0.05) is 97.7 Å². The van der Waals surface area contributed by atoms with Gasteiger partial charge < -0.3 is 67.5 Å². The number of nitrogens with zero attached hydrogens (tertiary/aromatic N) is 11. The van der Waals surface area contributed by atoms with Crippen molar-refractivity contribution in [3.05, 3.63) is 316 Å². The van der Waals surface area contributed by atoms with Crippen molar-refractivity contribution in [2.75, 3.05) is 45.0 Å². The van der Waals surface area contributed by atoms with Crippen LogP contribution in [0.2, 0.25) is 30.1 Å². The fraction of sp³-hybridized carbons (Fsp3) is 0.255. The Labute approximate surface area is 906 Å². The maximum absolute atomic E-state index is 13.2. The molecule has 4 heterocycles. The first-order valence-corrected chi connectivity index (χ1v) is 44.4. The van der Waals surface area contributed by atoms with E-state index in [0.29, 0.717) is 120 Å². The molecule has 1 unspecified atom stereocenters. The Kier molecular flexibility index (Phi) is 62.5. The van der Waals surface area contributed by atoms with Crippen LogP contribution in [-0.4, -0.2) is 142 Å². The number of carbonyl (C=O) groups excluding carboxylic acids is 5. The van der Waals surface area contributed by atoms with Crippen LogP contribution >= 0.6 is 97.1 Å². The molecule has 0 fully saturated rings. The number of benzene rings is 6. The minimum Gasteiger partial charge on any atom is -0.870 e. The van der Waals surface area contributed by atoms with Gasteiger partial charge >= 0.3 is 87.1 Å². The van der Waals surface area contributed by atoms with Crippen molar-refractivity contribution in [3.8, 4) is 82.4 Å². The van der Waals surface area contributed by atoms with Gasteiger partial charge in [-0.05, 0) is 201 Å². The molecular weight excluding hydrogens is 2140 g/mol. The molecule has 5 N–H and O–H groups in total. The Morgan fingerprint density at radius 2 is 0.944 bits per heavy atom. The van der Waals surface area contributed by atoms with Crippen LogP contribution in [0.15, 0.2) is 201 Å². The molecule has 0 aliphatic heterocycles. The van der Waals surface area contributed by atoms with E-state index in [2.05, 4.69) is 50.8 Å². The summed E-state index contributed by atoms with van der Waals surface area (Å²) in [6.45, 7) is 17.1. The number of pyridine rings is 2. The molecule has 0 saturated heterocycles. The van der Waals surface area contributed by atoms with E-state index in [0.717, 1.165) is 26.4 Å². The van der Waals surface area contributed by atoms with Crippen LogP contribution in [0.4, 0.5) is 26.3 Å². The summed E-state index contributed by atoms with van der Waals surface area (Å²) >= 11 is 43.0. The van der Waals surface area contributed by atoms with Crippen molar-refractivity contribution in [2.24, 2.45) is 14.1 Å². The van der Waals surface area contributed by atoms with Gasteiger partial charge in [-0.3, -0.25) is 37.9 Å². The van der Waals surface area contributed by atoms with Gasteiger partial charge in [0.25, 0.3) is 11.1 Å². The molecule has 1 atom stereocenters. The van der Waals surface area contributed by atoms with Crippen LogP contribution in [0.5, 0.6) is 46.0 Å². The third-order valence-electron chi connectivity index (χ3n) is 16.2. The number of phenols is 1. The van der Waals surface area contributed by atoms with E-state index in [1.165, 1.54) is 136 Å². The molecule has 0 bridgehead atoms. The molecule has 0 aliphatic rings. The second-order valence-corrected chi connectivity index (χ2v) is 30.5. The summed E-state index contributed by atoms with van der Waals surface area (Å²) in [5.74, 6) is -2.31. The van der Waals surface area contributed by atoms with E-state index in [1.54, 1.807) is 98.4 Å². The van der Waals surface area contributed by atoms with Crippen LogP contribution < -0.4 is 97.6 Å². The third-order valence-corrected chi connectivity index (χ3v) is 18.2. The monoisotopic (exact) mass is 2230 g/mol. The van der Waals surface area contributed by atoms with Gasteiger partial charge in [0.2, 0.25) is 0 Å². The molecule has 0 aliphatic carbocycles. The van der Waals surface area contributed by atoms with Crippen molar-refractivity contribution in [2.45, 2.75) is 100 Å². The van der Waals surface area contributed by atoms with E-state index >= 15 is 0 Å². The molecule has 10 aromatic rings. The number of alkyl halides is 8. The fourth-order valence-corrected chi connectivity index (χ4v) is 11.6. The minimum absolute atomic E-state index is 0. The van der Waals surface area contributed by atoms with Gasteiger partial charge in [-0.25, -0.2) is 24.6 Å². The third kappa shape index (κ3) is 49.6. The zero-order valence-electron chi connectivity index (χ0n) is 78.5. The summed E-state index contributed by atoms with van der Waals surface area (Å²) < 4.78 is 133. The average Bonchev–Trinajstić information content (AvgIpc) is 0.978. The number of carbonyl (C=O) groups is 5. The number of Topliss-reactive ketones (excluding diaryl/α,β-unsaturated/α-hetero) is 2. The molecule has 10 rings (SSSR count). The number of esters is 2. The number of aromatic hydroxyl groups is 1. The zero-order valence-corrected chi connectivity index (χ0v) is 88.5. The number of hydrogen-bond acceptors (Lipinski definition) is 29. The van der Waals surface area contributed by atoms with Gasteiger partial charge in [-0.15, -0.1) is 11.6 Å². The molecule has 50 heteroatoms. The Balaban J connectivity index is 0.00000164. The predicted molar refractivity (Wildman–Crippen MR) is 519 cm³/mol. The van der Waals surface area contributed by atoms with Crippen molar-refractivity contribution in [1.29, 1.82) is 31.6 Å². The number of ether oxygens (including phenoxy) is 10. The van der Waals surface area contributed by atoms with E-state index < -0.39 is 53.2 Å². The SMILES string of the molecule is CCO/C=C/C(=C(Oc1cc(Cl)cc(C#N)c1)C(C)=O)C(F)(F)F.CCO/C=C/C(C)=O.CCO/C=C/[C-](C(Oc1cc(Cl)cc(C#N)c1)C(C)=O)C(F)(F)F.CCOC(=O)CBr.CCOC(=O)COc1cc(Cl)cc(C#N)c1.Cc1cc[nH]c(=O)c1Oc1cc(Cl)cc(C#N)c1.Cc1ccn(Cc2n[nH]c(=O)n2C)c(=O)c1Oc1cc(Cl)cc(C#N)c1.Cn1c(CCl)n[nH]c1=O.N#Cc1cc(O)cc(Cl)c1.[K+].[OH-]. The maximum Gasteiger partial charge on any atom is 1.00 e. The van der Waals surface area contributed by atoms with E-state index in [4.69, 9.17) is 156 Å². The summed E-state index contributed by atoms with van der Waals surface area (Å²) in [6, 6.07) is 40.1. The topological polar surface area (TPSA) is 527 Å². The second kappa shape index (κ2) is 68.8. The van der Waals surface area contributed by atoms with E-state index in [1.807, 2.05) is 31.2 Å². The van der Waals surface area contributed by atoms with Crippen LogP contribution in [0.3, 0.4) is 0 Å². The molecule has 35 nitrogen and oxygen atoms in total. The number of aryl methyl sites for hydroxylation is 2. The summed E-state index contributed by atoms with van der Waals surface area (Å²) in [5, 5.41) is 75.6. The quantitative estimate of drug-likeness (QED) is 0.00494. The van der Waals surface area contributed by atoms with Crippen molar-refractivity contribution < 1.29 is 160 Å². The van der Waals surface area contributed by atoms with Gasteiger partial charge in [0.05, 0.1) is 128 Å². The number of H-pyrrole nitrogens is 3. The molecular formula is C94H88BrCl7F6KN14O21-. The predicted octanol–water partition coefficient (Wildman–Crippen LogP) is 16.5. The number of phenolic OH excluding ortho intramolecular Hbond substituents is 1. The first kappa shape index (κ1) is 131. The molecule has 0 saturated carbocycles. The smallest absolute Gasteiger partial charge is 0.870 e. The molecule has 144 heavy (non-hydrogen) atoms. The minimum atomic E-state index is -4.84. The number of aromatic amines is 3. The zero-order chi connectivity index (χ0) is 107. The summed E-state index contributed by atoms with van der Waals surface area (Å²) in [7, 11) is 3.18. The van der Waals surface area contributed by atoms with Crippen LogP contribution in [0, 0.1) is 87.8 Å². The maximum atomic E-state index is 13.2. The second-order valence-electron chi connectivity index (χ2n) is 27.1. The summed E-state index contributed by atoms with van der Waals surface area (Å²) in [4.78, 5) is 104. The summed E-state index contributed by atoms with van der Waals surface area (Å²) in [5.41, 5.74) is 0.348. The Hall–Kier alpha value is -13.3. The molecule has 4 aromatic heterocycles. The van der Waals surface area contributed by atoms with Crippen molar-refractivity contribution >= 4 is 126 Å². The Bertz CT molecular complexity index is 6610. The summed E-state index contributed by atoms with van der Waals surface area (Å²) in [6.07, 6.45) is -2.69. The van der Waals surface area contributed by atoms with Crippen LogP contribution in [0.1, 0.15) is 112 Å².